The Balaban J connectivity index is 2.93. The number of hydrogen-bond donors (Lipinski definition) is 0. The molecule has 6 nitrogen and oxygen atoms in total. The Morgan fingerprint density at radius 3 is 1.18 bits per heavy atom. The topological polar surface area (TPSA) is 55.4 Å². The maximum absolute atomic E-state index is 11.7. The third-order valence-electron chi connectivity index (χ3n) is 2.27. The highest BCUT2D eigenvalue weighted by atomic mass is 18.2. The molecule has 0 aliphatic rings. The summed E-state index contributed by atoms with van der Waals surface area (Å²) in [6.07, 6.45) is 5.03. The van der Waals surface area contributed by atoms with Gasteiger partial charge in [-0.15, -0.1) is 6.42 Å². The molecule has 0 spiro atoms. The van der Waals surface area contributed by atoms with E-state index in [4.69, 9.17) is 34.8 Å². The van der Waals surface area contributed by atoms with Crippen molar-refractivity contribution in [1.29, 1.82) is 0 Å². The van der Waals surface area contributed by atoms with Crippen LogP contribution in [-0.4, -0.2) is 86.0 Å². The fourth-order valence-electron chi connectivity index (χ4n) is 1.29. The zero-order valence-corrected chi connectivity index (χ0v) is 13.1. The second-order valence-corrected chi connectivity index (χ2v) is 4.01. The average Bonchev–Trinajstić information content (AvgIpc) is 2.54. The van der Waals surface area contributed by atoms with Crippen molar-refractivity contribution in [3.8, 4) is 12.3 Å². The minimum atomic E-state index is -0.465. The van der Waals surface area contributed by atoms with E-state index in [2.05, 4.69) is 5.92 Å². The van der Waals surface area contributed by atoms with Crippen LogP contribution < -0.4 is 0 Å². The van der Waals surface area contributed by atoms with Gasteiger partial charge in [-0.25, -0.2) is 4.39 Å². The second kappa shape index (κ2) is 20.2. The third-order valence-corrected chi connectivity index (χ3v) is 2.27. The molecule has 0 aliphatic carbocycles. The van der Waals surface area contributed by atoms with Gasteiger partial charge >= 0.3 is 0 Å². The fourth-order valence-corrected chi connectivity index (χ4v) is 1.29. The molecule has 0 saturated carbocycles. The van der Waals surface area contributed by atoms with Gasteiger partial charge in [-0.2, -0.15) is 0 Å². The van der Waals surface area contributed by atoms with Crippen LogP contribution in [0.3, 0.4) is 0 Å². The molecule has 0 radical (unpaired) electrons. The average molecular weight is 321 g/mol. The van der Waals surface area contributed by atoms with Crippen LogP contribution in [-0.2, 0) is 28.4 Å². The van der Waals surface area contributed by atoms with E-state index in [1.54, 1.807) is 0 Å². The van der Waals surface area contributed by atoms with Crippen molar-refractivity contribution in [2.24, 2.45) is 0 Å². The molecule has 0 rings (SSSR count). The van der Waals surface area contributed by atoms with Crippen molar-refractivity contribution in [3.05, 3.63) is 0 Å². The lowest BCUT2D eigenvalue weighted by Gasteiger charge is -2.07. The molecule has 0 aliphatic heterocycles. The first-order chi connectivity index (χ1) is 10.9. The molecule has 0 N–H and O–H groups in total. The summed E-state index contributed by atoms with van der Waals surface area (Å²) in [5.41, 5.74) is 0. The van der Waals surface area contributed by atoms with Crippen molar-refractivity contribution in [2.75, 3.05) is 86.0 Å². The van der Waals surface area contributed by atoms with Gasteiger partial charge in [0.05, 0.1) is 72.7 Å². The molecule has 0 aromatic rings. The standard InChI is InChI=1S/C15H27FO6/c1-2-4-17-6-8-19-10-12-21-14-15-22-13-11-20-9-7-18-5-3-16/h1H,3-15H2/i16-1. The Kier molecular flexibility index (Phi) is 19.6. The van der Waals surface area contributed by atoms with Crippen LogP contribution >= 0.6 is 0 Å². The predicted molar refractivity (Wildman–Crippen MR) is 79.7 cm³/mol. The summed E-state index contributed by atoms with van der Waals surface area (Å²) in [6, 6.07) is 0. The minimum Gasteiger partial charge on any atom is -0.377 e. The minimum absolute atomic E-state index is 0.124. The number of rotatable bonds is 18. The quantitative estimate of drug-likeness (QED) is 0.273. The Morgan fingerprint density at radius 2 is 0.864 bits per heavy atom. The summed E-state index contributed by atoms with van der Waals surface area (Å²) in [7, 11) is 0. The van der Waals surface area contributed by atoms with E-state index < -0.39 is 6.67 Å². The second-order valence-electron chi connectivity index (χ2n) is 4.01. The van der Waals surface area contributed by atoms with Crippen LogP contribution in [0.1, 0.15) is 0 Å². The van der Waals surface area contributed by atoms with Gasteiger partial charge < -0.3 is 28.4 Å². The molecule has 0 aromatic carbocycles. The van der Waals surface area contributed by atoms with Gasteiger partial charge in [0.25, 0.3) is 0 Å². The van der Waals surface area contributed by atoms with Crippen LogP contribution in [0.15, 0.2) is 0 Å². The summed E-state index contributed by atoms with van der Waals surface area (Å²) in [5.74, 6) is 2.38. The molecular weight excluding hydrogens is 294 g/mol. The van der Waals surface area contributed by atoms with Crippen LogP contribution in [0.5, 0.6) is 0 Å². The molecular formula is C15H27FO6. The molecule has 0 atom stereocenters. The van der Waals surface area contributed by atoms with Gasteiger partial charge in [0.1, 0.15) is 13.3 Å². The van der Waals surface area contributed by atoms with E-state index in [-0.39, 0.29) is 6.61 Å². The molecule has 0 bridgehead atoms. The van der Waals surface area contributed by atoms with Crippen molar-refractivity contribution in [2.45, 2.75) is 0 Å². The zero-order valence-electron chi connectivity index (χ0n) is 13.1. The number of terminal acetylenes is 1. The molecule has 0 heterocycles. The number of halogens is 1. The normalized spacial score (nSPS) is 10.7. The van der Waals surface area contributed by atoms with Crippen molar-refractivity contribution < 1.29 is 32.8 Å². The molecule has 0 amide bonds. The van der Waals surface area contributed by atoms with Gasteiger partial charge in [-0.05, 0) is 0 Å². The van der Waals surface area contributed by atoms with E-state index >= 15 is 0 Å². The Morgan fingerprint density at radius 1 is 0.545 bits per heavy atom. The Bertz CT molecular complexity index is 247. The summed E-state index contributed by atoms with van der Waals surface area (Å²) in [5, 5.41) is 0. The SMILES string of the molecule is C#CCOCCOCCOCCOCCOCCOCC[18F]. The summed E-state index contributed by atoms with van der Waals surface area (Å²) < 4.78 is 42.7. The lowest BCUT2D eigenvalue weighted by atomic mass is 10.6. The highest BCUT2D eigenvalue weighted by Gasteiger charge is 1.93. The Labute approximate surface area is 132 Å². The van der Waals surface area contributed by atoms with E-state index in [0.717, 1.165) is 0 Å². The number of alkyl halides is 1. The molecule has 7 heteroatoms. The first kappa shape index (κ1) is 21.2. The summed E-state index contributed by atoms with van der Waals surface area (Å²) in [6.45, 7) is 4.85. The van der Waals surface area contributed by atoms with Crippen molar-refractivity contribution >= 4 is 0 Å². The summed E-state index contributed by atoms with van der Waals surface area (Å²) in [4.78, 5) is 0. The molecule has 0 aromatic heterocycles. The highest BCUT2D eigenvalue weighted by molar-refractivity contribution is 4.82. The lowest BCUT2D eigenvalue weighted by molar-refractivity contribution is -0.0160. The molecule has 0 unspecified atom stereocenters. The van der Waals surface area contributed by atoms with E-state index in [1.165, 1.54) is 0 Å². The van der Waals surface area contributed by atoms with E-state index in [1.807, 2.05) is 0 Å². The van der Waals surface area contributed by atoms with Gasteiger partial charge in [-0.3, -0.25) is 0 Å². The van der Waals surface area contributed by atoms with Crippen LogP contribution in [0.4, 0.5) is 4.39 Å². The zero-order chi connectivity index (χ0) is 16.1. The molecule has 0 saturated heterocycles. The molecule has 0 fully saturated rings. The van der Waals surface area contributed by atoms with Gasteiger partial charge in [0.15, 0.2) is 0 Å². The van der Waals surface area contributed by atoms with E-state index in [0.29, 0.717) is 72.7 Å². The molecule has 130 valence electrons. The fraction of sp³-hybridized carbons (Fsp3) is 0.867. The van der Waals surface area contributed by atoms with Crippen molar-refractivity contribution in [1.82, 2.24) is 0 Å². The van der Waals surface area contributed by atoms with Gasteiger partial charge in [-0.1, -0.05) is 5.92 Å². The largest absolute Gasteiger partial charge is 0.377 e. The number of hydrogen-bond acceptors (Lipinski definition) is 6. The number of ether oxygens (including phenoxy) is 6. The van der Waals surface area contributed by atoms with E-state index in [9.17, 15) is 4.39 Å². The summed E-state index contributed by atoms with van der Waals surface area (Å²) >= 11 is 0. The van der Waals surface area contributed by atoms with Gasteiger partial charge in [0.2, 0.25) is 0 Å². The first-order valence-electron chi connectivity index (χ1n) is 7.37. The maximum Gasteiger partial charge on any atom is 0.113 e. The van der Waals surface area contributed by atoms with Crippen LogP contribution in [0, 0.1) is 12.3 Å². The highest BCUT2D eigenvalue weighted by Crippen LogP contribution is 1.84. The molecule has 22 heavy (non-hydrogen) atoms. The Hall–Kier alpha value is -0.750. The monoisotopic (exact) mass is 321 g/mol. The van der Waals surface area contributed by atoms with Crippen LogP contribution in [0.2, 0.25) is 0 Å². The van der Waals surface area contributed by atoms with Crippen LogP contribution in [0.25, 0.3) is 0 Å². The predicted octanol–water partition coefficient (Wildman–Crippen LogP) is 0.689. The maximum atomic E-state index is 11.7. The van der Waals surface area contributed by atoms with Gasteiger partial charge in [0, 0.05) is 0 Å². The lowest BCUT2D eigenvalue weighted by Crippen LogP contribution is -2.14. The van der Waals surface area contributed by atoms with Crippen molar-refractivity contribution in [3.63, 3.8) is 0 Å². The first-order valence-corrected chi connectivity index (χ1v) is 7.37. The smallest absolute Gasteiger partial charge is 0.113 e. The third kappa shape index (κ3) is 19.2.